The zero-order valence-corrected chi connectivity index (χ0v) is 17.7. The van der Waals surface area contributed by atoms with Crippen LogP contribution in [0.15, 0.2) is 60.7 Å². The minimum absolute atomic E-state index is 0.0686. The van der Waals surface area contributed by atoms with Gasteiger partial charge in [0.15, 0.2) is 0 Å². The average molecular weight is 391 g/mol. The summed E-state index contributed by atoms with van der Waals surface area (Å²) in [4.78, 5) is 14.7. The van der Waals surface area contributed by atoms with Gasteiger partial charge >= 0.3 is 0 Å². The Morgan fingerprint density at radius 1 is 1.03 bits per heavy atom. The maximum Gasteiger partial charge on any atom is 0.220 e. The highest BCUT2D eigenvalue weighted by Crippen LogP contribution is 2.20. The minimum Gasteiger partial charge on any atom is -0.354 e. The number of hydrogen-bond donors (Lipinski definition) is 1. The lowest BCUT2D eigenvalue weighted by molar-refractivity contribution is -0.121. The largest absolute Gasteiger partial charge is 0.354 e. The molecule has 1 amide bonds. The first-order chi connectivity index (χ1) is 14.0. The molecule has 3 aromatic rings. The van der Waals surface area contributed by atoms with Crippen molar-refractivity contribution < 1.29 is 4.79 Å². The molecule has 0 aliphatic heterocycles. The molecule has 29 heavy (non-hydrogen) atoms. The molecular formula is C24H30N4O. The van der Waals surface area contributed by atoms with E-state index in [0.29, 0.717) is 19.4 Å². The van der Waals surface area contributed by atoms with Crippen molar-refractivity contribution in [3.63, 3.8) is 0 Å². The third-order valence-corrected chi connectivity index (χ3v) is 5.34. The monoisotopic (exact) mass is 390 g/mol. The first-order valence-electron chi connectivity index (χ1n) is 10.1. The van der Waals surface area contributed by atoms with Gasteiger partial charge in [0.1, 0.15) is 0 Å². The molecule has 5 heteroatoms. The third-order valence-electron chi connectivity index (χ3n) is 5.34. The molecule has 152 valence electrons. The van der Waals surface area contributed by atoms with Crippen LogP contribution in [-0.2, 0) is 11.2 Å². The summed E-state index contributed by atoms with van der Waals surface area (Å²) >= 11 is 0. The van der Waals surface area contributed by atoms with E-state index in [-0.39, 0.29) is 11.9 Å². The summed E-state index contributed by atoms with van der Waals surface area (Å²) in [6.45, 7) is 4.67. The van der Waals surface area contributed by atoms with Gasteiger partial charge in [-0.2, -0.15) is 5.10 Å². The molecule has 0 unspecified atom stereocenters. The summed E-state index contributed by atoms with van der Waals surface area (Å²) in [6, 6.07) is 20.5. The number of carbonyl (C=O) groups excluding carboxylic acids is 1. The van der Waals surface area contributed by atoms with E-state index >= 15 is 0 Å². The molecule has 5 nitrogen and oxygen atoms in total. The highest BCUT2D eigenvalue weighted by molar-refractivity contribution is 5.76. The molecule has 1 atom stereocenters. The van der Waals surface area contributed by atoms with Crippen molar-refractivity contribution in [2.75, 3.05) is 20.6 Å². The lowest BCUT2D eigenvalue weighted by Crippen LogP contribution is -2.34. The average Bonchev–Trinajstić information content (AvgIpc) is 3.01. The second-order valence-corrected chi connectivity index (χ2v) is 7.59. The van der Waals surface area contributed by atoms with Crippen LogP contribution in [0.3, 0.4) is 0 Å². The number of rotatable bonds is 8. The molecule has 3 rings (SSSR count). The summed E-state index contributed by atoms with van der Waals surface area (Å²) in [6.07, 6.45) is 1.14. The lowest BCUT2D eigenvalue weighted by atomic mass is 10.1. The van der Waals surface area contributed by atoms with Gasteiger partial charge in [0.2, 0.25) is 5.91 Å². The van der Waals surface area contributed by atoms with Gasteiger partial charge in [-0.05, 0) is 57.6 Å². The Bertz CT molecular complexity index is 932. The molecule has 1 N–H and O–H groups in total. The first-order valence-corrected chi connectivity index (χ1v) is 10.1. The van der Waals surface area contributed by atoms with Crippen LogP contribution in [-0.4, -0.2) is 41.2 Å². The highest BCUT2D eigenvalue weighted by Gasteiger charge is 2.17. The second-order valence-electron chi connectivity index (χ2n) is 7.59. The lowest BCUT2D eigenvalue weighted by Gasteiger charge is -2.25. The molecular weight excluding hydrogens is 360 g/mol. The van der Waals surface area contributed by atoms with Crippen molar-refractivity contribution in [3.8, 4) is 5.69 Å². The molecule has 0 saturated heterocycles. The van der Waals surface area contributed by atoms with Gasteiger partial charge in [0.05, 0.1) is 17.4 Å². The van der Waals surface area contributed by atoms with Gasteiger partial charge in [0.25, 0.3) is 0 Å². The van der Waals surface area contributed by atoms with Gasteiger partial charge < -0.3 is 10.2 Å². The summed E-state index contributed by atoms with van der Waals surface area (Å²) in [5.74, 6) is 0.0686. The fraction of sp³-hybridized carbons (Fsp3) is 0.333. The van der Waals surface area contributed by atoms with Crippen LogP contribution in [0.2, 0.25) is 0 Å². The minimum atomic E-state index is 0.0686. The molecule has 1 heterocycles. The van der Waals surface area contributed by atoms with E-state index in [0.717, 1.165) is 22.6 Å². The van der Waals surface area contributed by atoms with E-state index < -0.39 is 0 Å². The molecule has 0 aliphatic rings. The number of benzene rings is 2. The Hall–Kier alpha value is -2.92. The maximum atomic E-state index is 12.5. The quantitative estimate of drug-likeness (QED) is 0.636. The molecule has 2 aromatic carbocycles. The predicted molar refractivity (Wildman–Crippen MR) is 117 cm³/mol. The maximum absolute atomic E-state index is 12.5. The smallest absolute Gasteiger partial charge is 0.220 e. The molecule has 0 saturated carbocycles. The van der Waals surface area contributed by atoms with Crippen LogP contribution in [0.25, 0.3) is 5.69 Å². The predicted octanol–water partition coefficient (Wildman–Crippen LogP) is 3.84. The van der Waals surface area contributed by atoms with Crippen molar-refractivity contribution in [1.82, 2.24) is 20.0 Å². The third kappa shape index (κ3) is 5.12. The zero-order valence-electron chi connectivity index (χ0n) is 17.7. The van der Waals surface area contributed by atoms with E-state index in [1.807, 2.05) is 74.2 Å². The van der Waals surface area contributed by atoms with Crippen LogP contribution in [0.5, 0.6) is 0 Å². The first kappa shape index (κ1) is 20.8. The van der Waals surface area contributed by atoms with Crippen LogP contribution < -0.4 is 5.32 Å². The van der Waals surface area contributed by atoms with Gasteiger partial charge in [-0.15, -0.1) is 0 Å². The van der Waals surface area contributed by atoms with Crippen LogP contribution in [0.4, 0.5) is 0 Å². The van der Waals surface area contributed by atoms with Crippen molar-refractivity contribution in [2.45, 2.75) is 32.7 Å². The number of nitrogens with zero attached hydrogens (tertiary/aromatic N) is 3. The Morgan fingerprint density at radius 2 is 1.66 bits per heavy atom. The number of para-hydroxylation sites is 1. The number of likely N-dealkylation sites (N-methyl/N-ethyl adjacent to an activating group) is 1. The number of aromatic nitrogens is 2. The van der Waals surface area contributed by atoms with E-state index in [1.54, 1.807) is 0 Å². The summed E-state index contributed by atoms with van der Waals surface area (Å²) in [5, 5.41) is 7.78. The molecule has 1 aromatic heterocycles. The molecule has 0 fully saturated rings. The molecule has 0 aliphatic carbocycles. The van der Waals surface area contributed by atoms with E-state index in [9.17, 15) is 4.79 Å². The SMILES string of the molecule is Cc1nn(-c2ccccc2)c(C)c1CCC(=O)NC[C@H](c1ccccc1)N(C)C. The van der Waals surface area contributed by atoms with E-state index in [2.05, 4.69) is 34.4 Å². The van der Waals surface area contributed by atoms with Crippen molar-refractivity contribution >= 4 is 5.91 Å². The Morgan fingerprint density at radius 3 is 2.28 bits per heavy atom. The standard InChI is InChI=1S/C24H30N4O/c1-18-22(19(2)28(26-18)21-13-9-6-10-14-21)15-16-24(29)25-17-23(27(3)4)20-11-7-5-8-12-20/h5-14,23H,15-17H2,1-4H3,(H,25,29)/t23-/m1/s1. The number of aryl methyl sites for hydroxylation is 1. The second kappa shape index (κ2) is 9.52. The normalized spacial score (nSPS) is 12.2. The molecule has 0 bridgehead atoms. The molecule has 0 spiro atoms. The van der Waals surface area contributed by atoms with Crippen molar-refractivity contribution in [1.29, 1.82) is 0 Å². The topological polar surface area (TPSA) is 50.2 Å². The van der Waals surface area contributed by atoms with Crippen LogP contribution >= 0.6 is 0 Å². The van der Waals surface area contributed by atoms with Crippen molar-refractivity contribution in [2.24, 2.45) is 0 Å². The number of hydrogen-bond acceptors (Lipinski definition) is 3. The Balaban J connectivity index is 1.60. The van der Waals surface area contributed by atoms with Gasteiger partial charge in [-0.25, -0.2) is 4.68 Å². The Labute approximate surface area is 173 Å². The van der Waals surface area contributed by atoms with E-state index in [1.165, 1.54) is 5.56 Å². The van der Waals surface area contributed by atoms with Gasteiger partial charge in [-0.1, -0.05) is 48.5 Å². The van der Waals surface area contributed by atoms with Crippen LogP contribution in [0, 0.1) is 13.8 Å². The van der Waals surface area contributed by atoms with E-state index in [4.69, 9.17) is 0 Å². The Kier molecular flexibility index (Phi) is 6.83. The number of amides is 1. The van der Waals surface area contributed by atoms with Gasteiger partial charge in [0, 0.05) is 18.7 Å². The summed E-state index contributed by atoms with van der Waals surface area (Å²) in [5.41, 5.74) is 5.47. The van der Waals surface area contributed by atoms with Crippen molar-refractivity contribution in [3.05, 3.63) is 83.2 Å². The molecule has 0 radical (unpaired) electrons. The number of nitrogens with one attached hydrogen (secondary N) is 1. The zero-order chi connectivity index (χ0) is 20.8. The fourth-order valence-electron chi connectivity index (χ4n) is 3.67. The highest BCUT2D eigenvalue weighted by atomic mass is 16.1. The summed E-state index contributed by atoms with van der Waals surface area (Å²) < 4.78 is 1.96. The summed E-state index contributed by atoms with van der Waals surface area (Å²) in [7, 11) is 4.07. The fourth-order valence-corrected chi connectivity index (χ4v) is 3.67. The number of carbonyl (C=O) groups is 1. The van der Waals surface area contributed by atoms with Crippen LogP contribution in [0.1, 0.15) is 35.0 Å². The van der Waals surface area contributed by atoms with Gasteiger partial charge in [-0.3, -0.25) is 4.79 Å².